The lowest BCUT2D eigenvalue weighted by Gasteiger charge is -2.37. The van der Waals surface area contributed by atoms with E-state index in [1.54, 1.807) is 26.4 Å². The molecule has 29 heavy (non-hydrogen) atoms. The van der Waals surface area contributed by atoms with Crippen molar-refractivity contribution in [2.24, 2.45) is 5.41 Å². The number of ether oxygens (including phenoxy) is 3. The Morgan fingerprint density at radius 3 is 2.55 bits per heavy atom. The number of halogens is 1. The Hall–Kier alpha value is -2.22. The van der Waals surface area contributed by atoms with E-state index < -0.39 is 0 Å². The van der Waals surface area contributed by atoms with E-state index in [2.05, 4.69) is 10.6 Å². The van der Waals surface area contributed by atoms with E-state index >= 15 is 0 Å². The van der Waals surface area contributed by atoms with Gasteiger partial charge in [-0.3, -0.25) is 4.79 Å². The molecule has 8 heteroatoms. The van der Waals surface area contributed by atoms with Crippen LogP contribution in [0.2, 0.25) is 0 Å². The summed E-state index contributed by atoms with van der Waals surface area (Å²) >= 11 is 0. The minimum atomic E-state index is -0.224. The van der Waals surface area contributed by atoms with Crippen molar-refractivity contribution in [3.8, 4) is 11.5 Å². The van der Waals surface area contributed by atoms with Gasteiger partial charge < -0.3 is 29.3 Å². The van der Waals surface area contributed by atoms with Crippen LogP contribution in [-0.4, -0.2) is 46.4 Å². The molecule has 2 aromatic rings. The van der Waals surface area contributed by atoms with Crippen LogP contribution in [0, 0.1) is 5.41 Å². The van der Waals surface area contributed by atoms with E-state index in [9.17, 15) is 4.79 Å². The Morgan fingerprint density at radius 2 is 1.86 bits per heavy atom. The molecule has 0 saturated carbocycles. The summed E-state index contributed by atoms with van der Waals surface area (Å²) in [6.45, 7) is 3.28. The van der Waals surface area contributed by atoms with Crippen LogP contribution >= 0.6 is 12.4 Å². The summed E-state index contributed by atoms with van der Waals surface area (Å²) in [5, 5.41) is 6.35. The van der Waals surface area contributed by atoms with Gasteiger partial charge in [0.1, 0.15) is 12.4 Å². The fourth-order valence-corrected chi connectivity index (χ4v) is 3.45. The number of hydrogen-bond donors (Lipinski definition) is 2. The molecule has 0 atom stereocenters. The van der Waals surface area contributed by atoms with E-state index in [1.807, 2.05) is 24.3 Å². The van der Waals surface area contributed by atoms with E-state index in [0.717, 1.165) is 25.9 Å². The van der Waals surface area contributed by atoms with Gasteiger partial charge in [0, 0.05) is 19.1 Å². The minimum Gasteiger partial charge on any atom is -0.493 e. The number of amides is 1. The Kier molecular flexibility index (Phi) is 8.82. The third-order valence-electron chi connectivity index (χ3n) is 5.06. The third kappa shape index (κ3) is 6.13. The van der Waals surface area contributed by atoms with E-state index in [1.165, 1.54) is 0 Å². The molecule has 0 spiro atoms. The Bertz CT molecular complexity index is 768. The Morgan fingerprint density at radius 1 is 1.14 bits per heavy atom. The molecule has 1 saturated heterocycles. The molecule has 2 heterocycles. The van der Waals surface area contributed by atoms with Gasteiger partial charge in [-0.15, -0.1) is 12.4 Å². The smallest absolute Gasteiger partial charge is 0.287 e. The van der Waals surface area contributed by atoms with Crippen LogP contribution in [0.4, 0.5) is 0 Å². The first-order valence-corrected chi connectivity index (χ1v) is 9.48. The SMILES string of the molecule is COCC1(CNC(=O)c2ccc(COc3ccccc3OC)o2)CCNCC1.Cl. The summed E-state index contributed by atoms with van der Waals surface area (Å²) in [7, 11) is 3.29. The monoisotopic (exact) mass is 424 g/mol. The van der Waals surface area contributed by atoms with E-state index in [4.69, 9.17) is 18.6 Å². The topological polar surface area (TPSA) is 82.0 Å². The van der Waals surface area contributed by atoms with Gasteiger partial charge in [0.05, 0.1) is 13.7 Å². The molecule has 0 bridgehead atoms. The molecule has 0 unspecified atom stereocenters. The molecule has 1 aromatic heterocycles. The molecule has 160 valence electrons. The van der Waals surface area contributed by atoms with Crippen LogP contribution in [0.3, 0.4) is 0 Å². The molecule has 1 fully saturated rings. The van der Waals surface area contributed by atoms with Crippen LogP contribution in [0.25, 0.3) is 0 Å². The number of hydrogen-bond acceptors (Lipinski definition) is 6. The molecular weight excluding hydrogens is 396 g/mol. The second-order valence-electron chi connectivity index (χ2n) is 7.07. The fraction of sp³-hybridized carbons (Fsp3) is 0.476. The van der Waals surface area contributed by atoms with Gasteiger partial charge in [-0.2, -0.15) is 0 Å². The largest absolute Gasteiger partial charge is 0.493 e. The standard InChI is InChI=1S/C21H28N2O5.ClH/c1-25-15-21(9-11-22-12-10-21)14-23-20(24)19-8-7-16(28-19)13-27-18-6-4-3-5-17(18)26-2;/h3-8,22H,9-15H2,1-2H3,(H,23,24);1H. The number of methoxy groups -OCH3 is 2. The molecular formula is C21H29ClN2O5. The first kappa shape index (κ1) is 23.1. The molecule has 7 nitrogen and oxygen atoms in total. The number of benzene rings is 1. The lowest BCUT2D eigenvalue weighted by atomic mass is 9.79. The molecule has 1 aromatic carbocycles. The summed E-state index contributed by atoms with van der Waals surface area (Å²) in [6, 6.07) is 10.8. The Balaban J connectivity index is 0.00000300. The lowest BCUT2D eigenvalue weighted by molar-refractivity contribution is 0.0505. The average Bonchev–Trinajstić information content (AvgIpc) is 3.21. The number of nitrogens with one attached hydrogen (secondary N) is 2. The molecule has 0 radical (unpaired) electrons. The van der Waals surface area contributed by atoms with Crippen LogP contribution in [-0.2, 0) is 11.3 Å². The van der Waals surface area contributed by atoms with Gasteiger partial charge in [-0.05, 0) is 50.2 Å². The molecule has 0 aliphatic carbocycles. The highest BCUT2D eigenvalue weighted by atomic mass is 35.5. The van der Waals surface area contributed by atoms with Crippen molar-refractivity contribution in [3.05, 3.63) is 47.9 Å². The highest BCUT2D eigenvalue weighted by Gasteiger charge is 2.32. The molecule has 1 aliphatic rings. The van der Waals surface area contributed by atoms with Gasteiger partial charge >= 0.3 is 0 Å². The van der Waals surface area contributed by atoms with Gasteiger partial charge in [-0.1, -0.05) is 12.1 Å². The Labute approximate surface area is 177 Å². The second-order valence-corrected chi connectivity index (χ2v) is 7.07. The summed E-state index contributed by atoms with van der Waals surface area (Å²) in [6.07, 6.45) is 1.94. The zero-order chi connectivity index (χ0) is 19.8. The highest BCUT2D eigenvalue weighted by Crippen LogP contribution is 2.29. The van der Waals surface area contributed by atoms with Crippen molar-refractivity contribution in [3.63, 3.8) is 0 Å². The van der Waals surface area contributed by atoms with Crippen molar-refractivity contribution in [1.82, 2.24) is 10.6 Å². The van der Waals surface area contributed by atoms with Crippen molar-refractivity contribution >= 4 is 18.3 Å². The molecule has 1 aliphatic heterocycles. The number of rotatable bonds is 9. The van der Waals surface area contributed by atoms with Gasteiger partial charge in [0.2, 0.25) is 0 Å². The van der Waals surface area contributed by atoms with Crippen LogP contribution in [0.1, 0.15) is 29.2 Å². The maximum absolute atomic E-state index is 12.5. The normalized spacial score (nSPS) is 15.2. The summed E-state index contributed by atoms with van der Waals surface area (Å²) < 4.78 is 22.0. The van der Waals surface area contributed by atoms with Crippen molar-refractivity contribution in [1.29, 1.82) is 0 Å². The number of furan rings is 1. The van der Waals surface area contributed by atoms with Crippen LogP contribution in [0.5, 0.6) is 11.5 Å². The number of carbonyl (C=O) groups excluding carboxylic acids is 1. The van der Waals surface area contributed by atoms with Crippen molar-refractivity contribution < 1.29 is 23.4 Å². The van der Waals surface area contributed by atoms with Gasteiger partial charge in [-0.25, -0.2) is 0 Å². The summed E-state index contributed by atoms with van der Waals surface area (Å²) in [5.41, 5.74) is -0.0297. The van der Waals surface area contributed by atoms with E-state index in [0.29, 0.717) is 30.4 Å². The molecule has 1 amide bonds. The quantitative estimate of drug-likeness (QED) is 0.644. The zero-order valence-corrected chi connectivity index (χ0v) is 17.7. The number of carbonyl (C=O) groups is 1. The minimum absolute atomic E-state index is 0. The average molecular weight is 425 g/mol. The number of para-hydroxylation sites is 2. The van der Waals surface area contributed by atoms with Crippen LogP contribution in [0.15, 0.2) is 40.8 Å². The summed E-state index contributed by atoms with van der Waals surface area (Å²) in [4.78, 5) is 12.5. The number of piperidine rings is 1. The molecule has 2 N–H and O–H groups in total. The van der Waals surface area contributed by atoms with Crippen LogP contribution < -0.4 is 20.1 Å². The van der Waals surface area contributed by atoms with Gasteiger partial charge in [0.25, 0.3) is 5.91 Å². The fourth-order valence-electron chi connectivity index (χ4n) is 3.45. The third-order valence-corrected chi connectivity index (χ3v) is 5.06. The first-order chi connectivity index (χ1) is 13.7. The first-order valence-electron chi connectivity index (χ1n) is 9.48. The highest BCUT2D eigenvalue weighted by molar-refractivity contribution is 5.91. The predicted octanol–water partition coefficient (Wildman–Crippen LogP) is 3.04. The van der Waals surface area contributed by atoms with Crippen molar-refractivity contribution in [2.45, 2.75) is 19.4 Å². The van der Waals surface area contributed by atoms with E-state index in [-0.39, 0.29) is 36.1 Å². The second kappa shape index (κ2) is 11.1. The maximum atomic E-state index is 12.5. The van der Waals surface area contributed by atoms with Crippen molar-refractivity contribution in [2.75, 3.05) is 40.5 Å². The lowest BCUT2D eigenvalue weighted by Crippen LogP contribution is -2.47. The zero-order valence-electron chi connectivity index (χ0n) is 16.9. The summed E-state index contributed by atoms with van der Waals surface area (Å²) in [5.74, 6) is 1.90. The predicted molar refractivity (Wildman–Crippen MR) is 112 cm³/mol. The maximum Gasteiger partial charge on any atom is 0.287 e. The van der Waals surface area contributed by atoms with Gasteiger partial charge in [0.15, 0.2) is 17.3 Å². The molecule has 3 rings (SSSR count).